The van der Waals surface area contributed by atoms with E-state index in [1.54, 1.807) is 65.3 Å². The third-order valence-electron chi connectivity index (χ3n) is 7.37. The van der Waals surface area contributed by atoms with E-state index in [1.165, 1.54) is 0 Å². The molecule has 0 aliphatic rings. The van der Waals surface area contributed by atoms with Gasteiger partial charge in [-0.25, -0.2) is 28.1 Å². The van der Waals surface area contributed by atoms with Gasteiger partial charge in [0.05, 0.1) is 13.2 Å². The maximum atomic E-state index is 6.41. The van der Waals surface area contributed by atoms with Crippen molar-refractivity contribution >= 4 is 22.6 Å². The maximum absolute atomic E-state index is 6.41. The minimum absolute atomic E-state index is 0.218. The van der Waals surface area contributed by atoms with Gasteiger partial charge < -0.3 is 9.47 Å². The number of ether oxygens (including phenoxy) is 2. The molecule has 7 aromatic rings. The zero-order valence-electron chi connectivity index (χ0n) is 24.0. The van der Waals surface area contributed by atoms with Gasteiger partial charge in [-0.3, -0.25) is 0 Å². The minimum atomic E-state index is -0.973. The summed E-state index contributed by atoms with van der Waals surface area (Å²) in [6.45, 7) is 1.14. The van der Waals surface area contributed by atoms with E-state index >= 15 is 0 Å². The van der Waals surface area contributed by atoms with Crippen LogP contribution in [-0.4, -0.2) is 71.9 Å². The second-order valence-corrected chi connectivity index (χ2v) is 11.5. The largest absolute Gasteiger partial charge is 0.370 e. The molecule has 7 rings (SSSR count). The number of rotatable bonds is 14. The van der Waals surface area contributed by atoms with Gasteiger partial charge in [-0.05, 0) is 82.2 Å². The highest BCUT2D eigenvalue weighted by atomic mass is 127. The van der Waals surface area contributed by atoms with E-state index in [2.05, 4.69) is 71.4 Å². The van der Waals surface area contributed by atoms with Crippen LogP contribution >= 0.6 is 22.6 Å². The average molecular weight is 717 g/mol. The first-order valence-electron chi connectivity index (χ1n) is 14.1. The zero-order valence-corrected chi connectivity index (χ0v) is 26.2. The normalized spacial score (nSPS) is 12.2. The fourth-order valence-electron chi connectivity index (χ4n) is 5.41. The van der Waals surface area contributed by atoms with Crippen molar-refractivity contribution in [1.82, 2.24) is 58.7 Å². The lowest BCUT2D eigenvalue weighted by Crippen LogP contribution is -2.52. The van der Waals surface area contributed by atoms with Crippen LogP contribution in [0.1, 0.15) is 11.1 Å². The first-order valence-corrected chi connectivity index (χ1v) is 15.2. The smallest absolute Gasteiger partial charge is 0.273 e. The predicted molar refractivity (Wildman–Crippen MR) is 169 cm³/mol. The van der Waals surface area contributed by atoms with Gasteiger partial charge in [-0.2, -0.15) is 30.6 Å². The van der Waals surface area contributed by atoms with Crippen LogP contribution < -0.4 is 0 Å². The fourth-order valence-corrected chi connectivity index (χ4v) is 6.21. The number of halogens is 1. The van der Waals surface area contributed by atoms with Crippen LogP contribution in [0.5, 0.6) is 0 Å². The SMILES string of the molecule is Ic1cc(COCC(n2cccn2)(n2cccn2)n2cccn2)cc(COCC(n2cccn2)(n2cccn2)n2cccn2)c1. The first-order chi connectivity index (χ1) is 22.2. The third-order valence-corrected chi connectivity index (χ3v) is 8.00. The van der Waals surface area contributed by atoms with Gasteiger partial charge >= 0.3 is 0 Å². The van der Waals surface area contributed by atoms with Gasteiger partial charge in [0, 0.05) is 77.9 Å². The number of aromatic nitrogens is 12. The van der Waals surface area contributed by atoms with Crippen molar-refractivity contribution in [3.05, 3.63) is 144 Å². The molecule has 15 heteroatoms. The van der Waals surface area contributed by atoms with E-state index in [0.29, 0.717) is 13.2 Å². The lowest BCUT2D eigenvalue weighted by atomic mass is 10.1. The molecule has 6 heterocycles. The van der Waals surface area contributed by atoms with E-state index in [-0.39, 0.29) is 13.2 Å². The summed E-state index contributed by atoms with van der Waals surface area (Å²) in [4.78, 5) is 0. The molecule has 0 aliphatic heterocycles. The fraction of sp³-hybridized carbons (Fsp3) is 0.200. The van der Waals surface area contributed by atoms with Crippen LogP contribution in [0.3, 0.4) is 0 Å². The highest BCUT2D eigenvalue weighted by molar-refractivity contribution is 14.1. The molecule has 228 valence electrons. The third kappa shape index (κ3) is 5.49. The summed E-state index contributed by atoms with van der Waals surface area (Å²) in [5.74, 6) is -1.95. The quantitative estimate of drug-likeness (QED) is 0.157. The van der Waals surface area contributed by atoms with Crippen molar-refractivity contribution in [1.29, 1.82) is 0 Å². The molecule has 0 aliphatic carbocycles. The van der Waals surface area contributed by atoms with Crippen LogP contribution in [-0.2, 0) is 34.3 Å². The van der Waals surface area contributed by atoms with Crippen molar-refractivity contribution in [2.24, 2.45) is 0 Å². The van der Waals surface area contributed by atoms with Crippen molar-refractivity contribution in [2.75, 3.05) is 13.2 Å². The van der Waals surface area contributed by atoms with Crippen LogP contribution in [0.2, 0.25) is 0 Å². The Bertz CT molecular complexity index is 1560. The average Bonchev–Trinajstić information content (AvgIpc) is 3.91. The molecular formula is C30H29IN12O2. The van der Waals surface area contributed by atoms with Gasteiger partial charge in [0.2, 0.25) is 0 Å². The summed E-state index contributed by atoms with van der Waals surface area (Å²) >= 11 is 2.32. The molecule has 0 spiro atoms. The Kier molecular flexibility index (Phi) is 8.10. The number of hydrogen-bond acceptors (Lipinski definition) is 8. The van der Waals surface area contributed by atoms with E-state index < -0.39 is 11.6 Å². The van der Waals surface area contributed by atoms with Crippen molar-refractivity contribution in [2.45, 2.75) is 24.8 Å². The highest BCUT2D eigenvalue weighted by Crippen LogP contribution is 2.24. The number of nitrogens with zero attached hydrogens (tertiary/aromatic N) is 12. The molecule has 0 amide bonds. The standard InChI is InChI=1S/C30H29IN12O2/c31-28-20-26(22-44-24-29(38-13-1-7-32-38,39-14-2-8-33-39)40-15-3-9-34-40)19-27(21-28)23-45-25-30(41-16-4-10-35-41,42-17-5-11-36-42)43-18-6-12-37-43/h1-21H,22-25H2. The molecule has 6 aromatic heterocycles. The second kappa shape index (κ2) is 12.6. The Morgan fingerprint density at radius 2 is 0.756 bits per heavy atom. The van der Waals surface area contributed by atoms with Gasteiger partial charge in [-0.1, -0.05) is 6.07 Å². The topological polar surface area (TPSA) is 125 Å². The Morgan fingerprint density at radius 1 is 0.467 bits per heavy atom. The molecule has 0 saturated carbocycles. The van der Waals surface area contributed by atoms with E-state index in [9.17, 15) is 0 Å². The molecule has 45 heavy (non-hydrogen) atoms. The number of benzene rings is 1. The summed E-state index contributed by atoms with van der Waals surface area (Å²) in [7, 11) is 0. The molecule has 0 atom stereocenters. The Balaban J connectivity index is 1.10. The molecule has 0 N–H and O–H groups in total. The molecule has 0 bridgehead atoms. The van der Waals surface area contributed by atoms with Crippen molar-refractivity contribution in [3.8, 4) is 0 Å². The van der Waals surface area contributed by atoms with Crippen LogP contribution in [0.15, 0.2) is 129 Å². The van der Waals surface area contributed by atoms with E-state index in [1.807, 2.05) is 73.6 Å². The second-order valence-electron chi connectivity index (χ2n) is 10.2. The molecule has 1 aromatic carbocycles. The number of hydrogen-bond donors (Lipinski definition) is 0. The van der Waals surface area contributed by atoms with E-state index in [0.717, 1.165) is 14.7 Å². The lowest BCUT2D eigenvalue weighted by molar-refractivity contribution is -0.0190. The molecule has 0 saturated heterocycles. The lowest BCUT2D eigenvalue weighted by Gasteiger charge is -2.34. The summed E-state index contributed by atoms with van der Waals surface area (Å²) in [5.41, 5.74) is 2.02. The summed E-state index contributed by atoms with van der Waals surface area (Å²) in [6, 6.07) is 17.5. The summed E-state index contributed by atoms with van der Waals surface area (Å²) in [5, 5.41) is 27.3. The highest BCUT2D eigenvalue weighted by Gasteiger charge is 2.40. The Hall–Kier alpha value is -4.87. The molecular weight excluding hydrogens is 687 g/mol. The Morgan fingerprint density at radius 3 is 1.00 bits per heavy atom. The van der Waals surface area contributed by atoms with Gasteiger partial charge in [0.1, 0.15) is 13.2 Å². The monoisotopic (exact) mass is 716 g/mol. The minimum Gasteiger partial charge on any atom is -0.370 e. The first kappa shape index (κ1) is 28.9. The molecule has 14 nitrogen and oxygen atoms in total. The Labute approximate surface area is 271 Å². The van der Waals surface area contributed by atoms with Crippen molar-refractivity contribution < 1.29 is 9.47 Å². The van der Waals surface area contributed by atoms with Crippen molar-refractivity contribution in [3.63, 3.8) is 0 Å². The molecule has 0 unspecified atom stereocenters. The zero-order chi connectivity index (χ0) is 30.5. The maximum Gasteiger partial charge on any atom is 0.273 e. The van der Waals surface area contributed by atoms with Gasteiger partial charge in [-0.15, -0.1) is 0 Å². The van der Waals surface area contributed by atoms with Gasteiger partial charge in [0.15, 0.2) is 0 Å². The predicted octanol–water partition coefficient (Wildman–Crippen LogP) is 3.32. The molecule has 0 fully saturated rings. The summed E-state index contributed by atoms with van der Waals surface area (Å²) < 4.78 is 24.7. The van der Waals surface area contributed by atoms with Crippen LogP contribution in [0.4, 0.5) is 0 Å². The summed E-state index contributed by atoms with van der Waals surface area (Å²) in [6.07, 6.45) is 21.6. The van der Waals surface area contributed by atoms with E-state index in [4.69, 9.17) is 9.47 Å². The van der Waals surface area contributed by atoms with Crippen LogP contribution in [0, 0.1) is 3.57 Å². The molecule has 0 radical (unpaired) electrons. The van der Waals surface area contributed by atoms with Gasteiger partial charge in [0.25, 0.3) is 11.6 Å². The van der Waals surface area contributed by atoms with Crippen LogP contribution in [0.25, 0.3) is 0 Å².